The summed E-state index contributed by atoms with van der Waals surface area (Å²) in [6.45, 7) is 7.36. The van der Waals surface area contributed by atoms with E-state index in [-0.39, 0.29) is 24.0 Å². The van der Waals surface area contributed by atoms with Gasteiger partial charge in [0.05, 0.1) is 12.4 Å². The van der Waals surface area contributed by atoms with Gasteiger partial charge in [0.25, 0.3) is 0 Å². The third-order valence-electron chi connectivity index (χ3n) is 6.02. The Bertz CT molecular complexity index is 946. The number of fused-ring (bicyclic) bond motifs is 1. The van der Waals surface area contributed by atoms with Crippen molar-refractivity contribution < 1.29 is 0 Å². The van der Waals surface area contributed by atoms with Crippen LogP contribution in [0.2, 0.25) is 0 Å². The summed E-state index contributed by atoms with van der Waals surface area (Å²) in [5, 5.41) is 4.91. The summed E-state index contributed by atoms with van der Waals surface area (Å²) < 4.78 is 2.24. The molecule has 2 atom stereocenters. The van der Waals surface area contributed by atoms with E-state index >= 15 is 0 Å². The standard InChI is InChI=1S/C22H30N6.HI/c1-16-9-12-27(14-21(16)28-13-11-24-15-28)22(23-3)25-10-8-18-17(2)26-20-7-5-4-6-19(18)20;/h4-7,11,13,15-16,21,26H,8-10,12,14H2,1-3H3,(H,23,25);1H. The molecule has 0 radical (unpaired) electrons. The number of aryl methyl sites for hydroxylation is 1. The van der Waals surface area contributed by atoms with Crippen molar-refractivity contribution in [3.63, 3.8) is 0 Å². The first-order valence-corrected chi connectivity index (χ1v) is 10.2. The number of para-hydroxylation sites is 1. The Labute approximate surface area is 189 Å². The molecule has 0 spiro atoms. The maximum absolute atomic E-state index is 4.55. The average Bonchev–Trinajstić information content (AvgIpc) is 3.34. The van der Waals surface area contributed by atoms with E-state index in [4.69, 9.17) is 0 Å². The van der Waals surface area contributed by atoms with E-state index in [9.17, 15) is 0 Å². The number of benzene rings is 1. The highest BCUT2D eigenvalue weighted by atomic mass is 127. The van der Waals surface area contributed by atoms with Gasteiger partial charge in [0, 0.05) is 55.7 Å². The summed E-state index contributed by atoms with van der Waals surface area (Å²) in [4.78, 5) is 14.7. The molecular formula is C22H31IN6. The van der Waals surface area contributed by atoms with Crippen molar-refractivity contribution in [2.75, 3.05) is 26.7 Å². The van der Waals surface area contributed by atoms with Crippen LogP contribution < -0.4 is 5.32 Å². The van der Waals surface area contributed by atoms with Crippen LogP contribution in [0.3, 0.4) is 0 Å². The lowest BCUT2D eigenvalue weighted by Gasteiger charge is -2.39. The fraction of sp³-hybridized carbons (Fsp3) is 0.455. The number of halogens is 1. The molecule has 2 N–H and O–H groups in total. The molecular weight excluding hydrogens is 475 g/mol. The first-order valence-electron chi connectivity index (χ1n) is 10.2. The molecule has 2 aromatic heterocycles. The van der Waals surface area contributed by atoms with Crippen molar-refractivity contribution in [1.29, 1.82) is 0 Å². The molecule has 1 aliphatic heterocycles. The summed E-state index contributed by atoms with van der Waals surface area (Å²) >= 11 is 0. The molecule has 0 amide bonds. The number of piperidine rings is 1. The van der Waals surface area contributed by atoms with Crippen LogP contribution in [-0.2, 0) is 6.42 Å². The first-order chi connectivity index (χ1) is 13.7. The summed E-state index contributed by atoms with van der Waals surface area (Å²) in [5.41, 5.74) is 3.86. The predicted molar refractivity (Wildman–Crippen MR) is 130 cm³/mol. The van der Waals surface area contributed by atoms with Crippen molar-refractivity contribution >= 4 is 40.8 Å². The number of aromatic amines is 1. The van der Waals surface area contributed by atoms with E-state index in [2.05, 4.69) is 74.1 Å². The molecule has 1 saturated heterocycles. The van der Waals surface area contributed by atoms with Gasteiger partial charge >= 0.3 is 0 Å². The van der Waals surface area contributed by atoms with Gasteiger partial charge in [0.1, 0.15) is 0 Å². The van der Waals surface area contributed by atoms with E-state index < -0.39 is 0 Å². The Balaban J connectivity index is 0.00000240. The van der Waals surface area contributed by atoms with E-state index in [1.54, 1.807) is 0 Å². The monoisotopic (exact) mass is 506 g/mol. The van der Waals surface area contributed by atoms with Crippen LogP contribution in [0.25, 0.3) is 10.9 Å². The summed E-state index contributed by atoms with van der Waals surface area (Å²) in [5.74, 6) is 1.63. The van der Waals surface area contributed by atoms with Crippen LogP contribution in [0, 0.1) is 12.8 Å². The van der Waals surface area contributed by atoms with Crippen LogP contribution in [0.1, 0.15) is 30.6 Å². The van der Waals surface area contributed by atoms with Gasteiger partial charge in [0.2, 0.25) is 0 Å². The molecule has 7 heteroatoms. The van der Waals surface area contributed by atoms with Gasteiger partial charge in [-0.15, -0.1) is 24.0 Å². The molecule has 6 nitrogen and oxygen atoms in total. The highest BCUT2D eigenvalue weighted by Gasteiger charge is 2.28. The molecule has 1 aromatic carbocycles. The SMILES string of the molecule is CN=C(NCCc1c(C)[nH]c2ccccc12)N1CCC(C)C(n2ccnc2)C1.I. The van der Waals surface area contributed by atoms with Crippen LogP contribution >= 0.6 is 24.0 Å². The van der Waals surface area contributed by atoms with E-state index in [0.717, 1.165) is 38.4 Å². The lowest BCUT2D eigenvalue weighted by Crippen LogP contribution is -2.49. The molecule has 0 aliphatic carbocycles. The van der Waals surface area contributed by atoms with Crippen LogP contribution in [0.15, 0.2) is 48.0 Å². The molecule has 29 heavy (non-hydrogen) atoms. The summed E-state index contributed by atoms with van der Waals surface area (Å²) in [6.07, 6.45) is 8.00. The summed E-state index contributed by atoms with van der Waals surface area (Å²) in [7, 11) is 1.88. The minimum Gasteiger partial charge on any atom is -0.358 e. The number of nitrogens with zero attached hydrogens (tertiary/aromatic N) is 4. The Morgan fingerprint density at radius 2 is 2.17 bits per heavy atom. The topological polar surface area (TPSA) is 61.2 Å². The number of likely N-dealkylation sites (tertiary alicyclic amines) is 1. The second kappa shape index (κ2) is 9.65. The molecule has 0 bridgehead atoms. The molecule has 4 rings (SSSR count). The molecule has 3 heterocycles. The molecule has 1 fully saturated rings. The van der Waals surface area contributed by atoms with Gasteiger partial charge in [0.15, 0.2) is 5.96 Å². The number of hydrogen-bond acceptors (Lipinski definition) is 2. The second-order valence-corrected chi connectivity index (χ2v) is 7.79. The number of aromatic nitrogens is 3. The minimum atomic E-state index is 0. The van der Waals surface area contributed by atoms with Crippen molar-refractivity contribution in [2.45, 2.75) is 32.7 Å². The van der Waals surface area contributed by atoms with Gasteiger partial charge in [-0.05, 0) is 37.3 Å². The van der Waals surface area contributed by atoms with Crippen LogP contribution in [0.4, 0.5) is 0 Å². The second-order valence-electron chi connectivity index (χ2n) is 7.79. The van der Waals surface area contributed by atoms with Crippen molar-refractivity contribution in [3.05, 3.63) is 54.2 Å². The number of rotatable bonds is 4. The van der Waals surface area contributed by atoms with E-state index in [1.807, 2.05) is 19.6 Å². The summed E-state index contributed by atoms with van der Waals surface area (Å²) in [6, 6.07) is 8.96. The number of guanidine groups is 1. The molecule has 2 unspecified atom stereocenters. The number of hydrogen-bond donors (Lipinski definition) is 2. The third-order valence-corrected chi connectivity index (χ3v) is 6.02. The highest BCUT2D eigenvalue weighted by Crippen LogP contribution is 2.27. The third kappa shape index (κ3) is 4.60. The first kappa shape index (κ1) is 21.7. The zero-order valence-electron chi connectivity index (χ0n) is 17.4. The highest BCUT2D eigenvalue weighted by molar-refractivity contribution is 14.0. The Morgan fingerprint density at radius 3 is 2.93 bits per heavy atom. The van der Waals surface area contributed by atoms with Crippen molar-refractivity contribution in [3.8, 4) is 0 Å². The minimum absolute atomic E-state index is 0. The number of aliphatic imine (C=N–C) groups is 1. The van der Waals surface area contributed by atoms with Crippen molar-refractivity contribution in [1.82, 2.24) is 24.8 Å². The van der Waals surface area contributed by atoms with Gasteiger partial charge in [-0.25, -0.2) is 4.98 Å². The van der Waals surface area contributed by atoms with E-state index in [1.165, 1.54) is 22.2 Å². The maximum atomic E-state index is 4.55. The van der Waals surface area contributed by atoms with Crippen molar-refractivity contribution in [2.24, 2.45) is 10.9 Å². The zero-order chi connectivity index (χ0) is 19.5. The van der Waals surface area contributed by atoms with Gasteiger partial charge in [-0.3, -0.25) is 4.99 Å². The van der Waals surface area contributed by atoms with Gasteiger partial charge in [-0.2, -0.15) is 0 Å². The lowest BCUT2D eigenvalue weighted by molar-refractivity contribution is 0.189. The number of imidazole rings is 1. The van der Waals surface area contributed by atoms with Crippen LogP contribution in [-0.4, -0.2) is 52.1 Å². The predicted octanol–water partition coefficient (Wildman–Crippen LogP) is 3.99. The Morgan fingerprint density at radius 1 is 1.34 bits per heavy atom. The Kier molecular flexibility index (Phi) is 7.21. The average molecular weight is 506 g/mol. The molecule has 0 saturated carbocycles. The van der Waals surface area contributed by atoms with Gasteiger partial charge in [-0.1, -0.05) is 25.1 Å². The molecule has 1 aliphatic rings. The Hall–Kier alpha value is -2.03. The molecule has 3 aromatic rings. The smallest absolute Gasteiger partial charge is 0.193 e. The number of nitrogens with one attached hydrogen (secondary N) is 2. The zero-order valence-corrected chi connectivity index (χ0v) is 19.8. The molecule has 156 valence electrons. The maximum Gasteiger partial charge on any atom is 0.193 e. The number of H-pyrrole nitrogens is 1. The van der Waals surface area contributed by atoms with Gasteiger partial charge < -0.3 is 19.8 Å². The fourth-order valence-electron chi connectivity index (χ4n) is 4.38. The lowest BCUT2D eigenvalue weighted by atomic mass is 9.93. The quantitative estimate of drug-likeness (QED) is 0.320. The van der Waals surface area contributed by atoms with E-state index in [0.29, 0.717) is 12.0 Å². The largest absolute Gasteiger partial charge is 0.358 e. The van der Waals surface area contributed by atoms with Crippen LogP contribution in [0.5, 0.6) is 0 Å². The fourth-order valence-corrected chi connectivity index (χ4v) is 4.38. The normalized spacial score (nSPS) is 20.0.